The van der Waals surface area contributed by atoms with Crippen LogP contribution in [0.4, 0.5) is 0 Å². The number of thiophene rings is 1. The van der Waals surface area contributed by atoms with E-state index in [0.717, 1.165) is 0 Å². The molecule has 0 saturated heterocycles. The van der Waals surface area contributed by atoms with Crippen LogP contribution in [0.15, 0.2) is 30.3 Å². The summed E-state index contributed by atoms with van der Waals surface area (Å²) in [5, 5.41) is 8.71. The minimum Gasteiger partial charge on any atom is -0.192 e. The van der Waals surface area contributed by atoms with E-state index in [-0.39, 0.29) is 0 Å². The molecule has 1 nitrogen and oxygen atoms in total. The van der Waals surface area contributed by atoms with E-state index in [2.05, 4.69) is 26.0 Å². The average molecular weight is 213 g/mol. The molecule has 2 rings (SSSR count). The van der Waals surface area contributed by atoms with Crippen LogP contribution in [0.2, 0.25) is 0 Å². The van der Waals surface area contributed by atoms with Gasteiger partial charge < -0.3 is 0 Å². The lowest BCUT2D eigenvalue weighted by Crippen LogP contribution is -1.78. The van der Waals surface area contributed by atoms with Crippen LogP contribution in [0.5, 0.6) is 0 Å². The summed E-state index contributed by atoms with van der Waals surface area (Å²) < 4.78 is 0. The maximum Gasteiger partial charge on any atom is 0.0991 e. The highest BCUT2D eigenvalue weighted by atomic mass is 32.1. The molecule has 1 aromatic carbocycles. The van der Waals surface area contributed by atoms with Gasteiger partial charge in [0.2, 0.25) is 0 Å². The van der Waals surface area contributed by atoms with Gasteiger partial charge in [0.05, 0.1) is 11.6 Å². The van der Waals surface area contributed by atoms with Gasteiger partial charge in [-0.2, -0.15) is 5.26 Å². The van der Waals surface area contributed by atoms with Gasteiger partial charge in [-0.1, -0.05) is 12.1 Å². The zero-order chi connectivity index (χ0) is 10.8. The van der Waals surface area contributed by atoms with E-state index >= 15 is 0 Å². The first-order chi connectivity index (χ1) is 7.20. The molecular weight excluding hydrogens is 202 g/mol. The fourth-order valence-corrected chi connectivity index (χ4v) is 2.59. The van der Waals surface area contributed by atoms with Crippen LogP contribution in [0.3, 0.4) is 0 Å². The van der Waals surface area contributed by atoms with Gasteiger partial charge in [-0.15, -0.1) is 11.3 Å². The molecule has 0 saturated carbocycles. The summed E-state index contributed by atoms with van der Waals surface area (Å²) >= 11 is 1.81. The van der Waals surface area contributed by atoms with Gasteiger partial charge in [-0.3, -0.25) is 0 Å². The van der Waals surface area contributed by atoms with E-state index < -0.39 is 0 Å². The van der Waals surface area contributed by atoms with Gasteiger partial charge in [0.15, 0.2) is 0 Å². The molecule has 0 N–H and O–H groups in total. The molecule has 0 atom stereocenters. The molecule has 15 heavy (non-hydrogen) atoms. The Labute approximate surface area is 93.6 Å². The Hall–Kier alpha value is -1.59. The lowest BCUT2D eigenvalue weighted by molar-refractivity contribution is 1.48. The summed E-state index contributed by atoms with van der Waals surface area (Å²) in [5.74, 6) is 0. The minimum atomic E-state index is 0.711. The maximum atomic E-state index is 8.71. The molecule has 74 valence electrons. The Morgan fingerprint density at radius 2 is 1.80 bits per heavy atom. The lowest BCUT2D eigenvalue weighted by Gasteiger charge is -1.99. The minimum absolute atomic E-state index is 0.711. The topological polar surface area (TPSA) is 23.8 Å². The van der Waals surface area contributed by atoms with Crippen LogP contribution >= 0.6 is 11.3 Å². The molecule has 0 aliphatic rings. The third-order valence-corrected chi connectivity index (χ3v) is 3.33. The van der Waals surface area contributed by atoms with Crippen molar-refractivity contribution in [2.75, 3.05) is 0 Å². The van der Waals surface area contributed by atoms with Crippen molar-refractivity contribution >= 4 is 11.3 Å². The van der Waals surface area contributed by atoms with Crippen LogP contribution in [0.1, 0.15) is 15.3 Å². The highest BCUT2D eigenvalue weighted by molar-refractivity contribution is 7.12. The Morgan fingerprint density at radius 3 is 2.27 bits per heavy atom. The molecular formula is C13H11NS. The first-order valence-corrected chi connectivity index (χ1v) is 5.60. The van der Waals surface area contributed by atoms with Crippen molar-refractivity contribution in [1.82, 2.24) is 0 Å². The number of nitrogens with zero attached hydrogens (tertiary/aromatic N) is 1. The van der Waals surface area contributed by atoms with Gasteiger partial charge in [0.25, 0.3) is 0 Å². The van der Waals surface area contributed by atoms with E-state index in [9.17, 15) is 0 Å². The highest BCUT2D eigenvalue weighted by Gasteiger charge is 2.04. The van der Waals surface area contributed by atoms with E-state index in [4.69, 9.17) is 5.26 Å². The van der Waals surface area contributed by atoms with Crippen LogP contribution in [-0.2, 0) is 0 Å². The van der Waals surface area contributed by atoms with Gasteiger partial charge in [0.1, 0.15) is 0 Å². The van der Waals surface area contributed by atoms with Gasteiger partial charge in [-0.05, 0) is 43.2 Å². The molecule has 0 amide bonds. The molecule has 0 aliphatic heterocycles. The van der Waals surface area contributed by atoms with Crippen molar-refractivity contribution in [3.63, 3.8) is 0 Å². The van der Waals surface area contributed by atoms with Crippen molar-refractivity contribution < 1.29 is 0 Å². The summed E-state index contributed by atoms with van der Waals surface area (Å²) in [5.41, 5.74) is 3.18. The first kappa shape index (κ1) is 9.95. The summed E-state index contributed by atoms with van der Waals surface area (Å²) in [7, 11) is 0. The molecule has 0 fully saturated rings. The van der Waals surface area contributed by atoms with E-state index in [1.807, 2.05) is 35.6 Å². The van der Waals surface area contributed by atoms with Gasteiger partial charge >= 0.3 is 0 Å². The van der Waals surface area contributed by atoms with Crippen LogP contribution in [0.25, 0.3) is 11.1 Å². The predicted octanol–water partition coefficient (Wildman–Crippen LogP) is 3.90. The molecule has 2 heteroatoms. The normalized spacial score (nSPS) is 9.93. The first-order valence-electron chi connectivity index (χ1n) is 4.78. The highest BCUT2D eigenvalue weighted by Crippen LogP contribution is 2.30. The van der Waals surface area contributed by atoms with Crippen LogP contribution in [-0.4, -0.2) is 0 Å². The molecule has 0 bridgehead atoms. The second kappa shape index (κ2) is 3.88. The monoisotopic (exact) mass is 213 g/mol. The summed E-state index contributed by atoms with van der Waals surface area (Å²) in [6.45, 7) is 4.25. The lowest BCUT2D eigenvalue weighted by atomic mass is 10.1. The van der Waals surface area contributed by atoms with E-state index in [1.54, 1.807) is 0 Å². The maximum absolute atomic E-state index is 8.71. The number of hydrogen-bond donors (Lipinski definition) is 0. The quantitative estimate of drug-likeness (QED) is 0.704. The third-order valence-electron chi connectivity index (χ3n) is 2.37. The molecule has 0 radical (unpaired) electrons. The number of benzene rings is 1. The van der Waals surface area contributed by atoms with Crippen molar-refractivity contribution in [3.05, 3.63) is 45.6 Å². The Kier molecular flexibility index (Phi) is 2.57. The molecule has 0 spiro atoms. The fraction of sp³-hybridized carbons (Fsp3) is 0.154. The fourth-order valence-electron chi connectivity index (χ4n) is 1.64. The number of nitriles is 1. The van der Waals surface area contributed by atoms with E-state index in [0.29, 0.717) is 5.56 Å². The zero-order valence-electron chi connectivity index (χ0n) is 8.74. The number of rotatable bonds is 1. The van der Waals surface area contributed by atoms with Crippen LogP contribution in [0, 0.1) is 25.2 Å². The Balaban J connectivity index is 2.46. The molecule has 0 aliphatic carbocycles. The Bertz CT molecular complexity index is 514. The van der Waals surface area contributed by atoms with Crippen molar-refractivity contribution in [3.8, 4) is 17.2 Å². The van der Waals surface area contributed by atoms with Crippen molar-refractivity contribution in [2.45, 2.75) is 13.8 Å². The second-order valence-electron chi connectivity index (χ2n) is 3.52. The summed E-state index contributed by atoms with van der Waals surface area (Å²) in [4.78, 5) is 2.66. The summed E-state index contributed by atoms with van der Waals surface area (Å²) in [6.07, 6.45) is 0. The second-order valence-corrected chi connectivity index (χ2v) is 4.98. The van der Waals surface area contributed by atoms with Gasteiger partial charge in [-0.25, -0.2) is 0 Å². The van der Waals surface area contributed by atoms with Crippen LogP contribution < -0.4 is 0 Å². The van der Waals surface area contributed by atoms with Crippen molar-refractivity contribution in [2.24, 2.45) is 0 Å². The van der Waals surface area contributed by atoms with E-state index in [1.165, 1.54) is 20.9 Å². The third kappa shape index (κ3) is 1.93. The summed E-state index contributed by atoms with van der Waals surface area (Å²) in [6, 6.07) is 12.1. The molecule has 1 aromatic heterocycles. The Morgan fingerprint density at radius 1 is 1.13 bits per heavy atom. The predicted molar refractivity (Wildman–Crippen MR) is 63.9 cm³/mol. The number of aryl methyl sites for hydroxylation is 2. The smallest absolute Gasteiger partial charge is 0.0991 e. The van der Waals surface area contributed by atoms with Gasteiger partial charge in [0, 0.05) is 9.75 Å². The number of hydrogen-bond acceptors (Lipinski definition) is 2. The molecule has 2 aromatic rings. The largest absolute Gasteiger partial charge is 0.192 e. The zero-order valence-corrected chi connectivity index (χ0v) is 9.56. The SMILES string of the molecule is Cc1cc(-c2ccc(C#N)cc2)c(C)s1. The molecule has 0 unspecified atom stereocenters. The van der Waals surface area contributed by atoms with Crippen molar-refractivity contribution in [1.29, 1.82) is 5.26 Å². The standard InChI is InChI=1S/C13H11NS/c1-9-7-13(10(2)15-9)12-5-3-11(8-14)4-6-12/h3-7H,1-2H3. The molecule has 1 heterocycles. The average Bonchev–Trinajstić information content (AvgIpc) is 2.58.